The summed E-state index contributed by atoms with van der Waals surface area (Å²) in [5.41, 5.74) is 2.01. The van der Waals surface area contributed by atoms with Gasteiger partial charge in [0.1, 0.15) is 5.82 Å². The molecule has 0 spiro atoms. The molecule has 0 aliphatic heterocycles. The Balaban J connectivity index is 0.00000225. The Kier molecular flexibility index (Phi) is 6.88. The fraction of sp³-hybridized carbons (Fsp3) is 0. The summed E-state index contributed by atoms with van der Waals surface area (Å²) in [4.78, 5) is 5.53. The Morgan fingerprint density at radius 1 is 0.800 bits per heavy atom. The van der Waals surface area contributed by atoms with Crippen LogP contribution in [0.5, 0.6) is 0 Å². The van der Waals surface area contributed by atoms with Crippen molar-refractivity contribution in [2.45, 2.75) is 9.79 Å². The number of hydrogen-bond donors (Lipinski definition) is 0. The predicted molar refractivity (Wildman–Crippen MR) is 100 cm³/mol. The first-order valence-electron chi connectivity index (χ1n) is 7.21. The van der Waals surface area contributed by atoms with E-state index in [4.69, 9.17) is 25.3 Å². The molecular formula is C19H12FN2NiS2. The Morgan fingerprint density at radius 3 is 2.16 bits per heavy atom. The molecule has 25 heavy (non-hydrogen) atoms. The van der Waals surface area contributed by atoms with E-state index in [-0.39, 0.29) is 16.5 Å². The fourth-order valence-corrected chi connectivity index (χ4v) is 2.52. The van der Waals surface area contributed by atoms with Gasteiger partial charge < -0.3 is 30.6 Å². The summed E-state index contributed by atoms with van der Waals surface area (Å²) in [6.45, 7) is 0. The summed E-state index contributed by atoms with van der Waals surface area (Å²) in [5, 5.41) is 4.47. The molecule has 0 bridgehead atoms. The molecule has 6 heteroatoms. The van der Waals surface area contributed by atoms with E-state index in [2.05, 4.69) is 10.3 Å². The van der Waals surface area contributed by atoms with Crippen LogP contribution in [0.4, 0.5) is 21.5 Å². The molecule has 0 amide bonds. The minimum absolute atomic E-state index is 0. The first kappa shape index (κ1) is 19.3. The zero-order valence-electron chi connectivity index (χ0n) is 12.8. The van der Waals surface area contributed by atoms with Crippen molar-refractivity contribution in [3.63, 3.8) is 0 Å². The SMILES string of the molecule is Fc1cccc([N-]c2ccccc2[S-])c1C=Nc1ccccc1[S-].[Ni+3]. The molecule has 1 radical (unpaired) electrons. The van der Waals surface area contributed by atoms with Gasteiger partial charge in [-0.2, -0.15) is 10.6 Å². The van der Waals surface area contributed by atoms with E-state index in [0.717, 1.165) is 0 Å². The van der Waals surface area contributed by atoms with Crippen molar-refractivity contribution in [2.24, 2.45) is 4.99 Å². The van der Waals surface area contributed by atoms with E-state index >= 15 is 0 Å². The standard InChI is InChI=1S/C19H14FN2S2.Ni/c20-14-6-5-9-15(22-17-8-2-4-11-19(17)24)13(14)12-21-16-7-1-3-10-18(16)23;/h1-12H,(H2-,21,22,23,24);/q-1;+3/p-2. The van der Waals surface area contributed by atoms with Crippen LogP contribution in [0.15, 0.2) is 81.5 Å². The van der Waals surface area contributed by atoms with Gasteiger partial charge in [-0.3, -0.25) is 4.99 Å². The predicted octanol–water partition coefficient (Wildman–Crippen LogP) is 5.72. The van der Waals surface area contributed by atoms with E-state index in [9.17, 15) is 4.39 Å². The second-order valence-electron chi connectivity index (χ2n) is 4.98. The molecular weight excluding hydrogens is 398 g/mol. The van der Waals surface area contributed by atoms with Gasteiger partial charge in [0.05, 0.1) is 0 Å². The van der Waals surface area contributed by atoms with Crippen LogP contribution < -0.4 is 0 Å². The Morgan fingerprint density at radius 2 is 1.44 bits per heavy atom. The number of aliphatic imine (C=N–C) groups is 1. The van der Waals surface area contributed by atoms with Gasteiger partial charge in [0, 0.05) is 17.5 Å². The average molecular weight is 410 g/mol. The normalized spacial score (nSPS) is 10.4. The average Bonchev–Trinajstić information content (AvgIpc) is 2.58. The van der Waals surface area contributed by atoms with Gasteiger partial charge in [-0.25, -0.2) is 4.39 Å². The van der Waals surface area contributed by atoms with Gasteiger partial charge in [-0.15, -0.1) is 10.6 Å². The molecule has 0 aliphatic carbocycles. The summed E-state index contributed by atoms with van der Waals surface area (Å²) in [5.74, 6) is -0.399. The molecule has 0 aliphatic rings. The van der Waals surface area contributed by atoms with Crippen molar-refractivity contribution in [1.29, 1.82) is 0 Å². The largest absolute Gasteiger partial charge is 3.00 e. The molecule has 3 aromatic carbocycles. The Bertz CT molecular complexity index is 900. The summed E-state index contributed by atoms with van der Waals surface area (Å²) in [6.07, 6.45) is 1.45. The molecule has 0 N–H and O–H groups in total. The van der Waals surface area contributed by atoms with Crippen molar-refractivity contribution in [1.82, 2.24) is 0 Å². The summed E-state index contributed by atoms with van der Waals surface area (Å²) in [6, 6.07) is 19.2. The Labute approximate surface area is 167 Å². The maximum Gasteiger partial charge on any atom is 3.00 e. The third kappa shape index (κ3) is 4.76. The van der Waals surface area contributed by atoms with Crippen LogP contribution in [0, 0.1) is 5.82 Å². The fourth-order valence-electron chi connectivity index (χ4n) is 2.13. The van der Waals surface area contributed by atoms with Crippen LogP contribution in [-0.2, 0) is 41.7 Å². The molecule has 127 valence electrons. The molecule has 0 aromatic heterocycles. The molecule has 0 heterocycles. The molecule has 0 unspecified atom stereocenters. The van der Waals surface area contributed by atoms with Gasteiger partial charge in [0.15, 0.2) is 0 Å². The number of hydrogen-bond acceptors (Lipinski definition) is 3. The van der Waals surface area contributed by atoms with E-state index in [1.165, 1.54) is 12.3 Å². The minimum atomic E-state index is -0.399. The van der Waals surface area contributed by atoms with Crippen molar-refractivity contribution in [2.75, 3.05) is 0 Å². The molecule has 3 rings (SSSR count). The zero-order valence-corrected chi connectivity index (χ0v) is 15.5. The maximum absolute atomic E-state index is 14.3. The number of para-hydroxylation sites is 2. The van der Waals surface area contributed by atoms with Gasteiger partial charge in [0.25, 0.3) is 0 Å². The topological polar surface area (TPSA) is 26.5 Å². The van der Waals surface area contributed by atoms with Crippen molar-refractivity contribution >= 4 is 48.5 Å². The molecule has 0 saturated heterocycles. The molecule has 2 nitrogen and oxygen atoms in total. The van der Waals surface area contributed by atoms with Crippen LogP contribution in [-0.4, -0.2) is 6.21 Å². The zero-order chi connectivity index (χ0) is 16.9. The van der Waals surface area contributed by atoms with Crippen LogP contribution in [0.3, 0.4) is 0 Å². The van der Waals surface area contributed by atoms with Gasteiger partial charge in [-0.05, 0) is 12.1 Å². The van der Waals surface area contributed by atoms with Crippen LogP contribution in [0.1, 0.15) is 5.56 Å². The van der Waals surface area contributed by atoms with Crippen molar-refractivity contribution in [3.8, 4) is 0 Å². The molecule has 0 atom stereocenters. The maximum atomic E-state index is 14.3. The van der Waals surface area contributed by atoms with Crippen molar-refractivity contribution < 1.29 is 20.9 Å². The van der Waals surface area contributed by atoms with Gasteiger partial charge >= 0.3 is 16.5 Å². The van der Waals surface area contributed by atoms with E-state index in [1.54, 1.807) is 36.4 Å². The Hall–Kier alpha value is -2.01. The first-order valence-corrected chi connectivity index (χ1v) is 8.03. The molecule has 0 saturated carbocycles. The first-order chi connectivity index (χ1) is 11.6. The minimum Gasteiger partial charge on any atom is -0.781 e. The van der Waals surface area contributed by atoms with Crippen LogP contribution in [0.25, 0.3) is 5.32 Å². The smallest absolute Gasteiger partial charge is 0.781 e. The van der Waals surface area contributed by atoms with E-state index < -0.39 is 5.82 Å². The number of rotatable bonds is 4. The monoisotopic (exact) mass is 409 g/mol. The van der Waals surface area contributed by atoms with Crippen LogP contribution in [0.2, 0.25) is 0 Å². The number of nitrogens with zero attached hydrogens (tertiary/aromatic N) is 2. The number of halogens is 1. The third-order valence-electron chi connectivity index (χ3n) is 3.33. The summed E-state index contributed by atoms with van der Waals surface area (Å²) < 4.78 is 14.3. The quantitative estimate of drug-likeness (QED) is 0.312. The van der Waals surface area contributed by atoms with Gasteiger partial charge in [-0.1, -0.05) is 54.6 Å². The number of benzene rings is 3. The van der Waals surface area contributed by atoms with E-state index in [1.807, 2.05) is 24.3 Å². The van der Waals surface area contributed by atoms with Crippen molar-refractivity contribution in [3.05, 3.63) is 83.4 Å². The summed E-state index contributed by atoms with van der Waals surface area (Å²) >= 11 is 10.5. The second kappa shape index (κ2) is 8.90. The third-order valence-corrected chi connectivity index (χ3v) is 4.02. The molecule has 3 aromatic rings. The van der Waals surface area contributed by atoms with Gasteiger partial charge in [0.2, 0.25) is 0 Å². The summed E-state index contributed by atoms with van der Waals surface area (Å²) in [7, 11) is 0. The van der Waals surface area contributed by atoms with Crippen LogP contribution >= 0.6 is 0 Å². The molecule has 0 fully saturated rings. The van der Waals surface area contributed by atoms with E-state index in [0.29, 0.717) is 32.4 Å². The second-order valence-corrected chi connectivity index (χ2v) is 5.86.